The highest BCUT2D eigenvalue weighted by Gasteiger charge is 2.25. The molecule has 1 fully saturated rings. The van der Waals surface area contributed by atoms with Crippen LogP contribution in [-0.2, 0) is 0 Å². The molecule has 2 unspecified atom stereocenters. The first-order valence-electron chi connectivity index (χ1n) is 6.61. The molecule has 0 saturated heterocycles. The minimum Gasteiger partial charge on any atom is -0.478 e. The van der Waals surface area contributed by atoms with Gasteiger partial charge in [0.15, 0.2) is 0 Å². The number of aryl methyl sites for hydroxylation is 1. The molecule has 1 saturated carbocycles. The van der Waals surface area contributed by atoms with Gasteiger partial charge in [-0.2, -0.15) is 11.8 Å². The molecule has 0 aromatic carbocycles. The van der Waals surface area contributed by atoms with Crippen LogP contribution in [0.2, 0.25) is 0 Å². The lowest BCUT2D eigenvalue weighted by atomic mass is 9.94. The fourth-order valence-corrected chi connectivity index (χ4v) is 3.53. The zero-order valence-corrected chi connectivity index (χ0v) is 12.2. The number of carboxylic acid groups (broad SMARTS) is 1. The molecule has 5 heteroatoms. The van der Waals surface area contributed by atoms with Gasteiger partial charge in [-0.05, 0) is 32.1 Å². The van der Waals surface area contributed by atoms with Crippen LogP contribution in [0.15, 0.2) is 12.3 Å². The molecule has 0 aliphatic heterocycles. The first kappa shape index (κ1) is 14.2. The maximum atomic E-state index is 11.2. The Balaban J connectivity index is 2.21. The summed E-state index contributed by atoms with van der Waals surface area (Å²) in [5, 5.41) is 13.2. The van der Waals surface area contributed by atoms with E-state index >= 15 is 0 Å². The predicted molar refractivity (Wildman–Crippen MR) is 79.1 cm³/mol. The van der Waals surface area contributed by atoms with E-state index in [1.165, 1.54) is 25.5 Å². The summed E-state index contributed by atoms with van der Waals surface area (Å²) >= 11 is 1.87. The minimum absolute atomic E-state index is 0.260. The van der Waals surface area contributed by atoms with Crippen molar-refractivity contribution in [2.45, 2.75) is 43.9 Å². The fourth-order valence-electron chi connectivity index (χ4n) is 2.59. The van der Waals surface area contributed by atoms with Crippen molar-refractivity contribution in [3.63, 3.8) is 0 Å². The third kappa shape index (κ3) is 3.41. The summed E-state index contributed by atoms with van der Waals surface area (Å²) in [7, 11) is 0. The predicted octanol–water partition coefficient (Wildman–Crippen LogP) is 3.17. The minimum atomic E-state index is -0.925. The molecule has 1 heterocycles. The Bertz CT molecular complexity index is 465. The van der Waals surface area contributed by atoms with Crippen LogP contribution in [0.4, 0.5) is 5.69 Å². The molecule has 1 aromatic heterocycles. The maximum absolute atomic E-state index is 11.2. The van der Waals surface area contributed by atoms with Crippen LogP contribution in [0.3, 0.4) is 0 Å². The average Bonchev–Trinajstić information content (AvgIpc) is 2.39. The summed E-state index contributed by atoms with van der Waals surface area (Å²) in [5.74, 6) is -0.925. The van der Waals surface area contributed by atoms with Crippen LogP contribution in [0.25, 0.3) is 0 Å². The molecule has 104 valence electrons. The normalized spacial score (nSPS) is 23.1. The monoisotopic (exact) mass is 280 g/mol. The molecule has 4 nitrogen and oxygen atoms in total. The van der Waals surface area contributed by atoms with Gasteiger partial charge in [-0.1, -0.05) is 12.8 Å². The summed E-state index contributed by atoms with van der Waals surface area (Å²) in [4.78, 5) is 15.3. The van der Waals surface area contributed by atoms with Gasteiger partial charge in [0.2, 0.25) is 0 Å². The third-order valence-corrected chi connectivity index (χ3v) is 4.79. The number of thioether (sulfide) groups is 1. The zero-order chi connectivity index (χ0) is 13.8. The largest absolute Gasteiger partial charge is 0.478 e. The second-order valence-electron chi connectivity index (χ2n) is 4.99. The number of nitrogens with zero attached hydrogens (tertiary/aromatic N) is 1. The van der Waals surface area contributed by atoms with E-state index < -0.39 is 5.97 Å². The molecule has 0 bridgehead atoms. The first-order chi connectivity index (χ1) is 9.11. The van der Waals surface area contributed by atoms with Crippen LogP contribution in [0.5, 0.6) is 0 Å². The van der Waals surface area contributed by atoms with Crippen LogP contribution in [-0.4, -0.2) is 33.6 Å². The second kappa shape index (κ2) is 6.28. The average molecular weight is 280 g/mol. The van der Waals surface area contributed by atoms with Gasteiger partial charge in [0.25, 0.3) is 0 Å². The first-order valence-corrected chi connectivity index (χ1v) is 7.90. The molecular weight excluding hydrogens is 260 g/mol. The number of pyridine rings is 1. The molecule has 19 heavy (non-hydrogen) atoms. The Labute approximate surface area is 118 Å². The number of aromatic carboxylic acids is 1. The van der Waals surface area contributed by atoms with E-state index in [4.69, 9.17) is 0 Å². The number of rotatable bonds is 4. The third-order valence-electron chi connectivity index (χ3n) is 3.62. The van der Waals surface area contributed by atoms with E-state index in [-0.39, 0.29) is 5.56 Å². The quantitative estimate of drug-likeness (QED) is 0.887. The Hall–Kier alpha value is -1.23. The zero-order valence-electron chi connectivity index (χ0n) is 11.3. The number of aromatic nitrogens is 1. The van der Waals surface area contributed by atoms with Crippen molar-refractivity contribution in [2.24, 2.45) is 0 Å². The highest BCUT2D eigenvalue weighted by Crippen LogP contribution is 2.30. The molecule has 0 amide bonds. The SMILES string of the molecule is CSC1CCCCC1Nc1cc(C)ncc1C(=O)O. The van der Waals surface area contributed by atoms with Crippen LogP contribution in [0, 0.1) is 6.92 Å². The molecular formula is C14H20N2O2S. The lowest BCUT2D eigenvalue weighted by molar-refractivity contribution is 0.0697. The van der Waals surface area contributed by atoms with Crippen molar-refractivity contribution in [3.05, 3.63) is 23.5 Å². The molecule has 2 rings (SSSR count). The van der Waals surface area contributed by atoms with E-state index in [1.807, 2.05) is 24.8 Å². The topological polar surface area (TPSA) is 62.2 Å². The van der Waals surface area contributed by atoms with Gasteiger partial charge in [0.05, 0.1) is 5.69 Å². The van der Waals surface area contributed by atoms with Gasteiger partial charge in [0.1, 0.15) is 5.56 Å². The van der Waals surface area contributed by atoms with Gasteiger partial charge < -0.3 is 10.4 Å². The lowest BCUT2D eigenvalue weighted by Gasteiger charge is -2.32. The molecule has 2 N–H and O–H groups in total. The van der Waals surface area contributed by atoms with Crippen LogP contribution < -0.4 is 5.32 Å². The number of hydrogen-bond acceptors (Lipinski definition) is 4. The van der Waals surface area contributed by atoms with E-state index in [1.54, 1.807) is 0 Å². The standard InChI is InChI=1S/C14H20N2O2S/c1-9-7-12(10(8-15-9)14(17)18)16-11-5-3-4-6-13(11)19-2/h7-8,11,13H,3-6H2,1-2H3,(H,15,16)(H,17,18). The molecule has 1 aliphatic rings. The fraction of sp³-hybridized carbons (Fsp3) is 0.571. The van der Waals surface area contributed by atoms with Gasteiger partial charge in [-0.15, -0.1) is 0 Å². The molecule has 1 aromatic rings. The number of anilines is 1. The summed E-state index contributed by atoms with van der Waals surface area (Å²) in [5.41, 5.74) is 1.80. The lowest BCUT2D eigenvalue weighted by Crippen LogP contribution is -2.34. The van der Waals surface area contributed by atoms with Crippen molar-refractivity contribution < 1.29 is 9.90 Å². The van der Waals surface area contributed by atoms with Gasteiger partial charge in [-0.25, -0.2) is 4.79 Å². The molecule has 0 radical (unpaired) electrons. The van der Waals surface area contributed by atoms with Gasteiger partial charge >= 0.3 is 5.97 Å². The Morgan fingerprint density at radius 3 is 2.89 bits per heavy atom. The van der Waals surface area contributed by atoms with E-state index in [9.17, 15) is 9.90 Å². The number of carbonyl (C=O) groups is 1. The summed E-state index contributed by atoms with van der Waals surface area (Å²) < 4.78 is 0. The second-order valence-corrected chi connectivity index (χ2v) is 6.06. The highest BCUT2D eigenvalue weighted by molar-refractivity contribution is 7.99. The van der Waals surface area contributed by atoms with E-state index in [0.29, 0.717) is 17.0 Å². The van der Waals surface area contributed by atoms with Crippen molar-refractivity contribution >= 4 is 23.4 Å². The van der Waals surface area contributed by atoms with Crippen LogP contribution in [0.1, 0.15) is 41.7 Å². The summed E-state index contributed by atoms with van der Waals surface area (Å²) in [6.07, 6.45) is 8.35. The van der Waals surface area contributed by atoms with Gasteiger partial charge in [-0.3, -0.25) is 4.98 Å². The summed E-state index contributed by atoms with van der Waals surface area (Å²) in [6, 6.07) is 2.18. The van der Waals surface area contributed by atoms with Crippen LogP contribution >= 0.6 is 11.8 Å². The van der Waals surface area contributed by atoms with E-state index in [2.05, 4.69) is 16.6 Å². The smallest absolute Gasteiger partial charge is 0.339 e. The van der Waals surface area contributed by atoms with Gasteiger partial charge in [0, 0.05) is 23.2 Å². The molecule has 0 spiro atoms. The van der Waals surface area contributed by atoms with E-state index in [0.717, 1.165) is 12.1 Å². The Morgan fingerprint density at radius 2 is 2.21 bits per heavy atom. The maximum Gasteiger partial charge on any atom is 0.339 e. The highest BCUT2D eigenvalue weighted by atomic mass is 32.2. The number of nitrogens with one attached hydrogen (secondary N) is 1. The number of hydrogen-bond donors (Lipinski definition) is 2. The van der Waals surface area contributed by atoms with Crippen molar-refractivity contribution in [1.29, 1.82) is 0 Å². The van der Waals surface area contributed by atoms with Crippen molar-refractivity contribution in [1.82, 2.24) is 4.98 Å². The summed E-state index contributed by atoms with van der Waals surface area (Å²) in [6.45, 7) is 1.88. The van der Waals surface area contributed by atoms with Crippen molar-refractivity contribution in [2.75, 3.05) is 11.6 Å². The molecule has 1 aliphatic carbocycles. The Morgan fingerprint density at radius 1 is 1.47 bits per heavy atom. The Kier molecular flexibility index (Phi) is 4.69. The number of carboxylic acids is 1. The molecule has 2 atom stereocenters. The van der Waals surface area contributed by atoms with Crippen molar-refractivity contribution in [3.8, 4) is 0 Å².